The van der Waals surface area contributed by atoms with E-state index in [4.69, 9.17) is 0 Å². The van der Waals surface area contributed by atoms with E-state index in [0.717, 1.165) is 0 Å². The summed E-state index contributed by atoms with van der Waals surface area (Å²) in [5.74, 6) is -0.599. The van der Waals surface area contributed by atoms with Crippen LogP contribution in [0.25, 0.3) is 11.2 Å². The smallest absolute Gasteiger partial charge is 0.387 e. The molecule has 3 aromatic rings. The van der Waals surface area contributed by atoms with Crippen LogP contribution in [0.1, 0.15) is 10.4 Å². The Balaban J connectivity index is 1.86. The third-order valence-corrected chi connectivity index (χ3v) is 3.16. The summed E-state index contributed by atoms with van der Waals surface area (Å²) in [5.41, 5.74) is 1.63. The molecule has 0 spiro atoms. The lowest BCUT2D eigenvalue weighted by atomic mass is 10.2. The van der Waals surface area contributed by atoms with Gasteiger partial charge in [0.05, 0.1) is 17.6 Å². The predicted octanol–water partition coefficient (Wildman–Crippen LogP) is 2.82. The molecule has 0 aliphatic carbocycles. The van der Waals surface area contributed by atoms with Crippen LogP contribution in [0.5, 0.6) is 5.75 Å². The summed E-state index contributed by atoms with van der Waals surface area (Å²) in [6.45, 7) is -2.97. The third kappa shape index (κ3) is 3.10. The van der Waals surface area contributed by atoms with Gasteiger partial charge in [0, 0.05) is 13.2 Å². The second-order valence-corrected chi connectivity index (χ2v) is 4.75. The maximum absolute atomic E-state index is 12.4. The molecule has 23 heavy (non-hydrogen) atoms. The molecular formula is C15H12F2N4O2. The summed E-state index contributed by atoms with van der Waals surface area (Å²) in [7, 11) is 1.79. The number of amides is 1. The minimum Gasteiger partial charge on any atom is -0.433 e. The molecule has 1 N–H and O–H groups in total. The zero-order chi connectivity index (χ0) is 16.4. The van der Waals surface area contributed by atoms with E-state index in [9.17, 15) is 13.6 Å². The van der Waals surface area contributed by atoms with E-state index in [1.165, 1.54) is 24.4 Å². The van der Waals surface area contributed by atoms with Gasteiger partial charge < -0.3 is 14.6 Å². The molecule has 0 aliphatic heterocycles. The molecule has 6 nitrogen and oxygen atoms in total. The van der Waals surface area contributed by atoms with Gasteiger partial charge in [-0.1, -0.05) is 12.1 Å². The molecule has 0 aliphatic rings. The maximum atomic E-state index is 12.4. The Morgan fingerprint density at radius 3 is 2.87 bits per heavy atom. The highest BCUT2D eigenvalue weighted by molar-refractivity contribution is 6.06. The number of para-hydroxylation sites is 2. The number of pyridine rings is 1. The summed E-state index contributed by atoms with van der Waals surface area (Å²) < 4.78 is 30.9. The van der Waals surface area contributed by atoms with Crippen molar-refractivity contribution in [3.8, 4) is 5.75 Å². The van der Waals surface area contributed by atoms with Crippen molar-refractivity contribution in [1.82, 2.24) is 14.5 Å². The zero-order valence-electron chi connectivity index (χ0n) is 12.0. The first-order chi connectivity index (χ1) is 11.0. The average molecular weight is 318 g/mol. The summed E-state index contributed by atoms with van der Waals surface area (Å²) in [5, 5.41) is 2.53. The van der Waals surface area contributed by atoms with Crippen molar-refractivity contribution >= 4 is 22.8 Å². The van der Waals surface area contributed by atoms with Crippen molar-refractivity contribution in [2.75, 3.05) is 5.32 Å². The fourth-order valence-corrected chi connectivity index (χ4v) is 2.10. The Morgan fingerprint density at radius 1 is 1.30 bits per heavy atom. The van der Waals surface area contributed by atoms with Gasteiger partial charge in [0.2, 0.25) is 0 Å². The molecule has 8 heteroatoms. The zero-order valence-corrected chi connectivity index (χ0v) is 12.0. The highest BCUT2D eigenvalue weighted by Gasteiger charge is 2.14. The molecular weight excluding hydrogens is 306 g/mol. The number of nitrogens with zero attached hydrogens (tertiary/aromatic N) is 3. The Bertz CT molecular complexity index is 864. The van der Waals surface area contributed by atoms with Crippen LogP contribution in [0, 0.1) is 0 Å². The summed E-state index contributed by atoms with van der Waals surface area (Å²) in [4.78, 5) is 20.6. The second-order valence-electron chi connectivity index (χ2n) is 4.75. The fourth-order valence-electron chi connectivity index (χ4n) is 2.10. The topological polar surface area (TPSA) is 69.0 Å². The van der Waals surface area contributed by atoms with E-state index in [2.05, 4.69) is 20.0 Å². The van der Waals surface area contributed by atoms with Crippen molar-refractivity contribution in [2.24, 2.45) is 7.05 Å². The molecule has 2 heterocycles. The standard InChI is InChI=1S/C15H12F2N4O2/c1-21-8-19-11-6-9(7-18-13(11)21)14(22)20-10-4-2-3-5-12(10)23-15(16)17/h2-8,15H,1H3,(H,20,22). The number of anilines is 1. The van der Waals surface area contributed by atoms with Gasteiger partial charge in [-0.25, -0.2) is 9.97 Å². The Hall–Kier alpha value is -3.03. The van der Waals surface area contributed by atoms with Crippen LogP contribution in [0.15, 0.2) is 42.9 Å². The highest BCUT2D eigenvalue weighted by Crippen LogP contribution is 2.26. The molecule has 2 aromatic heterocycles. The van der Waals surface area contributed by atoms with E-state index in [0.29, 0.717) is 11.2 Å². The van der Waals surface area contributed by atoms with Crippen LogP contribution < -0.4 is 10.1 Å². The number of ether oxygens (including phenoxy) is 1. The Labute approximate surface area is 129 Å². The molecule has 3 rings (SSSR count). The number of imidazole rings is 1. The number of nitrogens with one attached hydrogen (secondary N) is 1. The summed E-state index contributed by atoms with van der Waals surface area (Å²) >= 11 is 0. The molecule has 1 aromatic carbocycles. The van der Waals surface area contributed by atoms with Gasteiger partial charge in [0.1, 0.15) is 11.3 Å². The van der Waals surface area contributed by atoms with Crippen LogP contribution >= 0.6 is 0 Å². The van der Waals surface area contributed by atoms with Gasteiger partial charge in [-0.05, 0) is 18.2 Å². The van der Waals surface area contributed by atoms with Crippen LogP contribution in [-0.4, -0.2) is 27.1 Å². The van der Waals surface area contributed by atoms with Gasteiger partial charge in [-0.2, -0.15) is 8.78 Å². The number of benzene rings is 1. The van der Waals surface area contributed by atoms with E-state index >= 15 is 0 Å². The molecule has 0 atom stereocenters. The number of aromatic nitrogens is 3. The monoisotopic (exact) mass is 318 g/mol. The largest absolute Gasteiger partial charge is 0.433 e. The first-order valence-electron chi connectivity index (χ1n) is 6.67. The van der Waals surface area contributed by atoms with Gasteiger partial charge >= 0.3 is 6.61 Å². The summed E-state index contributed by atoms with van der Waals surface area (Å²) in [6, 6.07) is 7.54. The lowest BCUT2D eigenvalue weighted by Crippen LogP contribution is -2.14. The first-order valence-corrected chi connectivity index (χ1v) is 6.67. The lowest BCUT2D eigenvalue weighted by molar-refractivity contribution is -0.0493. The van der Waals surface area contributed by atoms with Crippen molar-refractivity contribution in [2.45, 2.75) is 6.61 Å². The van der Waals surface area contributed by atoms with Crippen LogP contribution in [0.3, 0.4) is 0 Å². The van der Waals surface area contributed by atoms with E-state index in [1.54, 1.807) is 30.1 Å². The quantitative estimate of drug-likeness (QED) is 0.803. The lowest BCUT2D eigenvalue weighted by Gasteiger charge is -2.11. The number of halogens is 2. The van der Waals surface area contributed by atoms with E-state index < -0.39 is 12.5 Å². The number of rotatable bonds is 4. The molecule has 0 saturated heterocycles. The SMILES string of the molecule is Cn1cnc2cc(C(=O)Nc3ccccc3OC(F)F)cnc21. The summed E-state index contributed by atoms with van der Waals surface area (Å²) in [6.07, 6.45) is 2.99. The van der Waals surface area contributed by atoms with Crippen molar-refractivity contribution in [3.05, 3.63) is 48.4 Å². The number of carbonyl (C=O) groups excluding carboxylic acids is 1. The van der Waals surface area contributed by atoms with Crippen molar-refractivity contribution in [1.29, 1.82) is 0 Å². The second kappa shape index (κ2) is 5.99. The van der Waals surface area contributed by atoms with E-state index in [1.807, 2.05) is 0 Å². The number of fused-ring (bicyclic) bond motifs is 1. The minimum absolute atomic E-state index is 0.109. The normalized spacial score (nSPS) is 11.0. The van der Waals surface area contributed by atoms with Crippen LogP contribution in [0.4, 0.5) is 14.5 Å². The molecule has 0 bridgehead atoms. The van der Waals surface area contributed by atoms with Crippen LogP contribution in [0.2, 0.25) is 0 Å². The van der Waals surface area contributed by atoms with Gasteiger partial charge in [-0.3, -0.25) is 4.79 Å². The van der Waals surface area contributed by atoms with Crippen molar-refractivity contribution < 1.29 is 18.3 Å². The molecule has 118 valence electrons. The molecule has 0 unspecified atom stereocenters. The van der Waals surface area contributed by atoms with Crippen LogP contribution in [-0.2, 0) is 7.05 Å². The number of hydrogen-bond acceptors (Lipinski definition) is 4. The number of carbonyl (C=O) groups is 1. The predicted molar refractivity (Wildman–Crippen MR) is 79.5 cm³/mol. The van der Waals surface area contributed by atoms with Crippen molar-refractivity contribution in [3.63, 3.8) is 0 Å². The third-order valence-electron chi connectivity index (χ3n) is 3.16. The molecule has 0 radical (unpaired) electrons. The Kier molecular flexibility index (Phi) is 3.88. The maximum Gasteiger partial charge on any atom is 0.387 e. The minimum atomic E-state index is -2.97. The molecule has 1 amide bonds. The highest BCUT2D eigenvalue weighted by atomic mass is 19.3. The Morgan fingerprint density at radius 2 is 2.09 bits per heavy atom. The van der Waals surface area contributed by atoms with Gasteiger partial charge in [-0.15, -0.1) is 0 Å². The van der Waals surface area contributed by atoms with Gasteiger partial charge in [0.15, 0.2) is 5.65 Å². The van der Waals surface area contributed by atoms with Gasteiger partial charge in [0.25, 0.3) is 5.91 Å². The molecule has 0 saturated carbocycles. The number of aryl methyl sites for hydroxylation is 1. The average Bonchev–Trinajstić information content (AvgIpc) is 2.89. The first kappa shape index (κ1) is 14.9. The van der Waals surface area contributed by atoms with E-state index in [-0.39, 0.29) is 17.0 Å². The molecule has 0 fully saturated rings. The number of hydrogen-bond donors (Lipinski definition) is 1. The number of alkyl halides is 2. The fraction of sp³-hybridized carbons (Fsp3) is 0.133.